The molecular weight excluding hydrogens is 455 g/mol. The van der Waals surface area contributed by atoms with E-state index < -0.39 is 0 Å². The molecule has 0 aromatic heterocycles. The number of ether oxygens (including phenoxy) is 2. The molecule has 1 aromatic carbocycles. The molecule has 0 saturated carbocycles. The molecule has 3 rings (SSSR count). The van der Waals surface area contributed by atoms with E-state index in [2.05, 4.69) is 56.9 Å². The molecule has 0 amide bonds. The van der Waals surface area contributed by atoms with Crippen molar-refractivity contribution < 1.29 is 9.47 Å². The Morgan fingerprint density at radius 1 is 1.22 bits per heavy atom. The number of guanidine groups is 1. The van der Waals surface area contributed by atoms with Crippen LogP contribution in [0.5, 0.6) is 0 Å². The minimum absolute atomic E-state index is 0. The number of nitrogens with one attached hydrogen (secondary N) is 2. The molecule has 0 aliphatic carbocycles. The molecule has 1 fully saturated rings. The van der Waals surface area contributed by atoms with Gasteiger partial charge in [0.15, 0.2) is 5.96 Å². The van der Waals surface area contributed by atoms with Gasteiger partial charge in [0.25, 0.3) is 0 Å². The Morgan fingerprint density at radius 3 is 2.67 bits per heavy atom. The van der Waals surface area contributed by atoms with Crippen molar-refractivity contribution in [2.24, 2.45) is 4.99 Å². The standard InChI is InChI=1S/C20H30N4O2.HI/c1-21-20(22-10-4-13-26-19-9-14-25-16-19)23-15-17-5-7-18(8-6-17)24-11-2-3-12-24;/h2-3,5-8,19H,4,9-16H2,1H3,(H2,21,22,23);1H. The van der Waals surface area contributed by atoms with E-state index in [-0.39, 0.29) is 30.1 Å². The molecule has 1 saturated heterocycles. The number of hydrogen-bond donors (Lipinski definition) is 2. The van der Waals surface area contributed by atoms with E-state index >= 15 is 0 Å². The van der Waals surface area contributed by atoms with Crippen LogP contribution in [0, 0.1) is 0 Å². The van der Waals surface area contributed by atoms with Gasteiger partial charge >= 0.3 is 0 Å². The number of halogens is 1. The van der Waals surface area contributed by atoms with Crippen molar-refractivity contribution in [2.75, 3.05) is 51.4 Å². The topological polar surface area (TPSA) is 58.1 Å². The zero-order valence-corrected chi connectivity index (χ0v) is 18.4. The van der Waals surface area contributed by atoms with Gasteiger partial charge in [-0.2, -0.15) is 0 Å². The first-order valence-electron chi connectivity index (χ1n) is 9.48. The van der Waals surface area contributed by atoms with Crippen LogP contribution in [-0.2, 0) is 16.0 Å². The van der Waals surface area contributed by atoms with Crippen molar-refractivity contribution in [3.63, 3.8) is 0 Å². The van der Waals surface area contributed by atoms with Crippen molar-refractivity contribution in [3.05, 3.63) is 42.0 Å². The molecule has 1 aromatic rings. The highest BCUT2D eigenvalue weighted by Gasteiger charge is 2.15. The van der Waals surface area contributed by atoms with E-state index in [1.807, 2.05) is 0 Å². The highest BCUT2D eigenvalue weighted by Crippen LogP contribution is 2.17. The number of anilines is 1. The lowest BCUT2D eigenvalue weighted by atomic mass is 10.2. The molecule has 7 heteroatoms. The van der Waals surface area contributed by atoms with E-state index in [0.29, 0.717) is 0 Å². The molecule has 2 heterocycles. The summed E-state index contributed by atoms with van der Waals surface area (Å²) in [5, 5.41) is 6.69. The van der Waals surface area contributed by atoms with Crippen LogP contribution in [0.15, 0.2) is 41.4 Å². The van der Waals surface area contributed by atoms with Crippen molar-refractivity contribution in [2.45, 2.75) is 25.5 Å². The van der Waals surface area contributed by atoms with Crippen LogP contribution < -0.4 is 15.5 Å². The summed E-state index contributed by atoms with van der Waals surface area (Å²) in [4.78, 5) is 6.62. The molecule has 2 N–H and O–H groups in total. The first-order chi connectivity index (χ1) is 12.8. The summed E-state index contributed by atoms with van der Waals surface area (Å²) >= 11 is 0. The van der Waals surface area contributed by atoms with Crippen LogP contribution in [0.25, 0.3) is 0 Å². The number of aliphatic imine (C=N–C) groups is 1. The minimum Gasteiger partial charge on any atom is -0.379 e. The number of nitrogens with zero attached hydrogens (tertiary/aromatic N) is 2. The molecule has 2 aliphatic rings. The normalized spacial score (nSPS) is 19.2. The molecule has 0 bridgehead atoms. The third kappa shape index (κ3) is 7.31. The summed E-state index contributed by atoms with van der Waals surface area (Å²) in [5.41, 5.74) is 2.52. The zero-order chi connectivity index (χ0) is 18.0. The summed E-state index contributed by atoms with van der Waals surface area (Å²) in [6, 6.07) is 8.71. The smallest absolute Gasteiger partial charge is 0.191 e. The molecule has 2 aliphatic heterocycles. The maximum atomic E-state index is 5.77. The van der Waals surface area contributed by atoms with Crippen LogP contribution in [0.1, 0.15) is 18.4 Å². The second-order valence-electron chi connectivity index (χ2n) is 6.61. The fourth-order valence-electron chi connectivity index (χ4n) is 3.09. The van der Waals surface area contributed by atoms with Crippen LogP contribution in [0.2, 0.25) is 0 Å². The first-order valence-corrected chi connectivity index (χ1v) is 9.48. The van der Waals surface area contributed by atoms with Gasteiger partial charge in [-0.3, -0.25) is 4.99 Å². The maximum Gasteiger partial charge on any atom is 0.191 e. The van der Waals surface area contributed by atoms with Gasteiger partial charge in [0, 0.05) is 52.1 Å². The second kappa shape index (κ2) is 12.2. The minimum atomic E-state index is 0. The summed E-state index contributed by atoms with van der Waals surface area (Å²) in [6.45, 7) is 5.93. The highest BCUT2D eigenvalue weighted by atomic mass is 127. The Balaban J connectivity index is 0.00000261. The monoisotopic (exact) mass is 486 g/mol. The first kappa shape index (κ1) is 22.0. The van der Waals surface area contributed by atoms with Crippen molar-refractivity contribution in [1.29, 1.82) is 0 Å². The molecule has 1 unspecified atom stereocenters. The van der Waals surface area contributed by atoms with Crippen molar-refractivity contribution in [1.82, 2.24) is 10.6 Å². The molecule has 0 spiro atoms. The molecule has 27 heavy (non-hydrogen) atoms. The van der Waals surface area contributed by atoms with Gasteiger partial charge in [-0.15, -0.1) is 24.0 Å². The lowest BCUT2D eigenvalue weighted by Crippen LogP contribution is -2.37. The Morgan fingerprint density at radius 2 is 2.00 bits per heavy atom. The van der Waals surface area contributed by atoms with Crippen LogP contribution in [-0.4, -0.2) is 58.6 Å². The van der Waals surface area contributed by atoms with Crippen LogP contribution in [0.4, 0.5) is 5.69 Å². The lowest BCUT2D eigenvalue weighted by Gasteiger charge is -2.18. The van der Waals surface area contributed by atoms with Gasteiger partial charge in [-0.1, -0.05) is 24.3 Å². The van der Waals surface area contributed by atoms with Gasteiger partial charge in [-0.05, 0) is 30.5 Å². The summed E-state index contributed by atoms with van der Waals surface area (Å²) in [5.74, 6) is 0.821. The Bertz CT molecular complexity index is 593. The Hall–Kier alpha value is -1.32. The predicted octanol–water partition coefficient (Wildman–Crippen LogP) is 2.54. The van der Waals surface area contributed by atoms with Gasteiger partial charge < -0.3 is 25.0 Å². The lowest BCUT2D eigenvalue weighted by molar-refractivity contribution is 0.0420. The average Bonchev–Trinajstić information content (AvgIpc) is 3.38. The largest absolute Gasteiger partial charge is 0.379 e. The van der Waals surface area contributed by atoms with Gasteiger partial charge in [0.05, 0.1) is 12.7 Å². The molecule has 0 radical (unpaired) electrons. The van der Waals surface area contributed by atoms with Crippen molar-refractivity contribution in [3.8, 4) is 0 Å². The SMILES string of the molecule is CN=C(NCCCOC1CCOC1)NCc1ccc(N2CC=CC2)cc1.I. The molecule has 1 atom stereocenters. The van der Waals surface area contributed by atoms with E-state index in [9.17, 15) is 0 Å². The van der Waals surface area contributed by atoms with E-state index in [1.54, 1.807) is 7.05 Å². The van der Waals surface area contributed by atoms with E-state index in [0.717, 1.165) is 64.8 Å². The van der Waals surface area contributed by atoms with Crippen molar-refractivity contribution >= 4 is 35.6 Å². The van der Waals surface area contributed by atoms with Gasteiger partial charge in [-0.25, -0.2) is 0 Å². The summed E-state index contributed by atoms with van der Waals surface area (Å²) < 4.78 is 11.1. The molecule has 6 nitrogen and oxygen atoms in total. The summed E-state index contributed by atoms with van der Waals surface area (Å²) in [7, 11) is 1.80. The highest BCUT2D eigenvalue weighted by molar-refractivity contribution is 14.0. The Kier molecular flexibility index (Phi) is 9.93. The molecule has 150 valence electrons. The number of hydrogen-bond acceptors (Lipinski definition) is 4. The predicted molar refractivity (Wildman–Crippen MR) is 121 cm³/mol. The average molecular weight is 486 g/mol. The number of rotatable bonds is 8. The fraction of sp³-hybridized carbons (Fsp3) is 0.550. The van der Waals surface area contributed by atoms with Crippen LogP contribution in [0.3, 0.4) is 0 Å². The zero-order valence-electron chi connectivity index (χ0n) is 16.0. The second-order valence-corrected chi connectivity index (χ2v) is 6.61. The van der Waals surface area contributed by atoms with E-state index in [4.69, 9.17) is 9.47 Å². The number of benzene rings is 1. The van der Waals surface area contributed by atoms with Gasteiger partial charge in [0.1, 0.15) is 0 Å². The Labute approximate surface area is 179 Å². The molecular formula is C20H31IN4O2. The maximum absolute atomic E-state index is 5.77. The third-order valence-corrected chi connectivity index (χ3v) is 4.66. The quantitative estimate of drug-likeness (QED) is 0.195. The third-order valence-electron chi connectivity index (χ3n) is 4.66. The van der Waals surface area contributed by atoms with Gasteiger partial charge in [0.2, 0.25) is 0 Å². The fourth-order valence-corrected chi connectivity index (χ4v) is 3.09. The van der Waals surface area contributed by atoms with E-state index in [1.165, 1.54) is 11.3 Å². The van der Waals surface area contributed by atoms with Crippen LogP contribution >= 0.6 is 24.0 Å². The summed E-state index contributed by atoms with van der Waals surface area (Å²) in [6.07, 6.45) is 6.67.